The molecule has 0 aliphatic heterocycles. The number of hydrogen-bond acceptors (Lipinski definition) is 4. The number of hydrogen-bond donors (Lipinski definition) is 1. The number of nitrogens with zero attached hydrogens (tertiary/aromatic N) is 3. The Morgan fingerprint density at radius 1 is 1.39 bits per heavy atom. The molecule has 96 valence electrons. The van der Waals surface area contributed by atoms with Gasteiger partial charge < -0.3 is 10.3 Å². The van der Waals surface area contributed by atoms with Crippen LogP contribution in [0.2, 0.25) is 0 Å². The number of halogens is 1. The maximum atomic E-state index is 13.9. The van der Waals surface area contributed by atoms with E-state index in [1.54, 1.807) is 6.07 Å². The summed E-state index contributed by atoms with van der Waals surface area (Å²) in [6.45, 7) is 3.68. The highest BCUT2D eigenvalue weighted by molar-refractivity contribution is 7.99. The van der Waals surface area contributed by atoms with Gasteiger partial charge in [-0.2, -0.15) is 0 Å². The van der Waals surface area contributed by atoms with Crippen molar-refractivity contribution in [1.82, 2.24) is 14.8 Å². The number of rotatable bonds is 3. The molecule has 0 unspecified atom stereocenters. The summed E-state index contributed by atoms with van der Waals surface area (Å²) in [6.07, 6.45) is 0. The molecule has 4 nitrogen and oxygen atoms in total. The molecule has 0 aliphatic rings. The third-order valence-corrected chi connectivity index (χ3v) is 3.82. The molecule has 0 radical (unpaired) electrons. The van der Waals surface area contributed by atoms with Gasteiger partial charge >= 0.3 is 0 Å². The van der Waals surface area contributed by atoms with Crippen LogP contribution in [-0.4, -0.2) is 14.8 Å². The molecule has 0 amide bonds. The van der Waals surface area contributed by atoms with E-state index < -0.39 is 0 Å². The van der Waals surface area contributed by atoms with Crippen LogP contribution in [0.15, 0.2) is 28.3 Å². The quantitative estimate of drug-likeness (QED) is 0.927. The van der Waals surface area contributed by atoms with Crippen molar-refractivity contribution >= 4 is 11.8 Å². The molecular weight excluding hydrogens is 251 g/mol. The molecule has 2 N–H and O–H groups in total. The first kappa shape index (κ1) is 13.0. The van der Waals surface area contributed by atoms with Gasteiger partial charge in [-0.25, -0.2) is 4.39 Å². The minimum Gasteiger partial charge on any atom is -0.324 e. The minimum absolute atomic E-state index is 0.171. The first-order valence-electron chi connectivity index (χ1n) is 5.58. The zero-order chi connectivity index (χ0) is 13.3. The second-order valence-electron chi connectivity index (χ2n) is 4.17. The second kappa shape index (κ2) is 5.07. The fourth-order valence-corrected chi connectivity index (χ4v) is 2.30. The van der Waals surface area contributed by atoms with Gasteiger partial charge in [0.15, 0.2) is 5.16 Å². The molecule has 2 aromatic rings. The summed E-state index contributed by atoms with van der Waals surface area (Å²) in [6, 6.07) is 4.86. The molecule has 1 heterocycles. The van der Waals surface area contributed by atoms with Crippen LogP contribution < -0.4 is 5.73 Å². The van der Waals surface area contributed by atoms with Crippen LogP contribution in [0.4, 0.5) is 4.39 Å². The Balaban J connectivity index is 2.27. The zero-order valence-corrected chi connectivity index (χ0v) is 11.3. The van der Waals surface area contributed by atoms with E-state index in [0.29, 0.717) is 10.1 Å². The smallest absolute Gasteiger partial charge is 0.195 e. The van der Waals surface area contributed by atoms with Crippen molar-refractivity contribution in [2.45, 2.75) is 29.9 Å². The molecule has 0 fully saturated rings. The molecule has 0 aliphatic carbocycles. The third kappa shape index (κ3) is 2.54. The van der Waals surface area contributed by atoms with E-state index in [1.807, 2.05) is 31.5 Å². The van der Waals surface area contributed by atoms with Crippen LogP contribution in [0.5, 0.6) is 0 Å². The number of aryl methyl sites for hydroxylation is 1. The van der Waals surface area contributed by atoms with Crippen molar-refractivity contribution in [1.29, 1.82) is 0 Å². The summed E-state index contributed by atoms with van der Waals surface area (Å²) in [5.41, 5.74) is 6.50. The van der Waals surface area contributed by atoms with Crippen LogP contribution >= 0.6 is 11.8 Å². The molecule has 0 saturated heterocycles. The van der Waals surface area contributed by atoms with Gasteiger partial charge in [0.05, 0.1) is 4.90 Å². The van der Waals surface area contributed by atoms with Crippen LogP contribution in [-0.2, 0) is 7.05 Å². The lowest BCUT2D eigenvalue weighted by Crippen LogP contribution is -2.05. The van der Waals surface area contributed by atoms with Crippen molar-refractivity contribution < 1.29 is 4.39 Å². The number of benzene rings is 1. The molecular formula is C12H15FN4S. The van der Waals surface area contributed by atoms with E-state index in [9.17, 15) is 4.39 Å². The van der Waals surface area contributed by atoms with Gasteiger partial charge in [0.2, 0.25) is 0 Å². The highest BCUT2D eigenvalue weighted by Gasteiger charge is 2.11. The van der Waals surface area contributed by atoms with E-state index >= 15 is 0 Å². The average Bonchev–Trinajstić information content (AvgIpc) is 2.63. The summed E-state index contributed by atoms with van der Waals surface area (Å²) in [5, 5.41) is 8.60. The lowest BCUT2D eigenvalue weighted by atomic mass is 10.1. The Hall–Kier alpha value is -1.40. The standard InChI is InChI=1S/C12H15FN4S/c1-7(14)9-4-5-11(10(13)6-9)18-12-16-15-8(2)17(12)3/h4-7H,14H2,1-3H3/t7-/m0/s1. The third-order valence-electron chi connectivity index (χ3n) is 2.74. The monoisotopic (exact) mass is 266 g/mol. The molecule has 0 spiro atoms. The maximum Gasteiger partial charge on any atom is 0.195 e. The molecule has 0 saturated carbocycles. The van der Waals surface area contributed by atoms with E-state index in [2.05, 4.69) is 10.2 Å². The Morgan fingerprint density at radius 3 is 2.61 bits per heavy atom. The van der Waals surface area contributed by atoms with Crippen molar-refractivity contribution in [2.24, 2.45) is 12.8 Å². The largest absolute Gasteiger partial charge is 0.324 e. The first-order valence-corrected chi connectivity index (χ1v) is 6.39. The highest BCUT2D eigenvalue weighted by Crippen LogP contribution is 2.29. The lowest BCUT2D eigenvalue weighted by molar-refractivity contribution is 0.596. The van der Waals surface area contributed by atoms with Crippen molar-refractivity contribution in [3.05, 3.63) is 35.4 Å². The summed E-state index contributed by atoms with van der Waals surface area (Å²) in [7, 11) is 1.85. The zero-order valence-electron chi connectivity index (χ0n) is 10.5. The van der Waals surface area contributed by atoms with Gasteiger partial charge in [0.25, 0.3) is 0 Å². The van der Waals surface area contributed by atoms with Crippen LogP contribution in [0.25, 0.3) is 0 Å². The minimum atomic E-state index is -0.282. The Morgan fingerprint density at radius 2 is 2.11 bits per heavy atom. The fraction of sp³-hybridized carbons (Fsp3) is 0.333. The summed E-state index contributed by atoms with van der Waals surface area (Å²) >= 11 is 1.26. The predicted molar refractivity (Wildman–Crippen MR) is 68.9 cm³/mol. The van der Waals surface area contributed by atoms with Crippen molar-refractivity contribution in [2.75, 3.05) is 0 Å². The Kier molecular flexibility index (Phi) is 3.68. The topological polar surface area (TPSA) is 56.7 Å². The van der Waals surface area contributed by atoms with E-state index in [0.717, 1.165) is 11.4 Å². The molecule has 1 aromatic heterocycles. The van der Waals surface area contributed by atoms with Gasteiger partial charge in [-0.3, -0.25) is 0 Å². The van der Waals surface area contributed by atoms with Gasteiger partial charge in [-0.15, -0.1) is 10.2 Å². The molecule has 18 heavy (non-hydrogen) atoms. The summed E-state index contributed by atoms with van der Waals surface area (Å²) in [5.74, 6) is 0.514. The SMILES string of the molecule is Cc1nnc(Sc2ccc([C@H](C)N)cc2F)n1C. The molecule has 1 atom stereocenters. The van der Waals surface area contributed by atoms with Gasteiger partial charge in [-0.1, -0.05) is 6.07 Å². The van der Waals surface area contributed by atoms with Crippen LogP contribution in [0.3, 0.4) is 0 Å². The summed E-state index contributed by atoms with van der Waals surface area (Å²) in [4.78, 5) is 0.523. The van der Waals surface area contributed by atoms with Gasteiger partial charge in [0.1, 0.15) is 11.6 Å². The average molecular weight is 266 g/mol. The predicted octanol–water partition coefficient (Wildman–Crippen LogP) is 2.43. The molecule has 0 bridgehead atoms. The fourth-order valence-electron chi connectivity index (χ4n) is 1.46. The molecule has 6 heteroatoms. The Bertz CT molecular complexity index is 565. The number of aromatic nitrogens is 3. The second-order valence-corrected chi connectivity index (χ2v) is 5.18. The Labute approximate surface area is 109 Å². The summed E-state index contributed by atoms with van der Waals surface area (Å²) < 4.78 is 15.7. The number of nitrogens with two attached hydrogens (primary N) is 1. The van der Waals surface area contributed by atoms with E-state index in [-0.39, 0.29) is 11.9 Å². The van der Waals surface area contributed by atoms with Crippen LogP contribution in [0.1, 0.15) is 24.4 Å². The van der Waals surface area contributed by atoms with E-state index in [4.69, 9.17) is 5.73 Å². The van der Waals surface area contributed by atoms with Crippen molar-refractivity contribution in [3.8, 4) is 0 Å². The van der Waals surface area contributed by atoms with Gasteiger partial charge in [-0.05, 0) is 43.3 Å². The lowest BCUT2D eigenvalue weighted by Gasteiger charge is -2.08. The van der Waals surface area contributed by atoms with E-state index in [1.165, 1.54) is 17.8 Å². The normalized spacial score (nSPS) is 12.7. The molecule has 1 aromatic carbocycles. The molecule has 2 rings (SSSR count). The maximum absolute atomic E-state index is 13.9. The first-order chi connectivity index (χ1) is 8.49. The van der Waals surface area contributed by atoms with Gasteiger partial charge in [0, 0.05) is 13.1 Å². The highest BCUT2D eigenvalue weighted by atomic mass is 32.2. The van der Waals surface area contributed by atoms with Crippen molar-refractivity contribution in [3.63, 3.8) is 0 Å². The van der Waals surface area contributed by atoms with Crippen LogP contribution in [0, 0.1) is 12.7 Å².